The minimum Gasteiger partial charge on any atom is -0.497 e. The summed E-state index contributed by atoms with van der Waals surface area (Å²) in [4.78, 5) is 12.2. The van der Waals surface area contributed by atoms with Crippen LogP contribution in [0.2, 0.25) is 0 Å². The molecule has 0 aliphatic heterocycles. The van der Waals surface area contributed by atoms with E-state index in [0.29, 0.717) is 35.2 Å². The highest BCUT2D eigenvalue weighted by Crippen LogP contribution is 2.25. The molecule has 3 aromatic rings. The lowest BCUT2D eigenvalue weighted by molar-refractivity contribution is 0.0953. The van der Waals surface area contributed by atoms with E-state index in [0.717, 1.165) is 18.4 Å². The van der Waals surface area contributed by atoms with Crippen LogP contribution in [0, 0.1) is 0 Å². The van der Waals surface area contributed by atoms with Crippen molar-refractivity contribution in [3.8, 4) is 28.6 Å². The molecule has 6 heteroatoms. The van der Waals surface area contributed by atoms with E-state index < -0.39 is 0 Å². The third-order valence-corrected chi connectivity index (χ3v) is 4.14. The first-order valence-electron chi connectivity index (χ1n) is 9.24. The molecular formula is C22H23N3O3. The number of benzene rings is 2. The predicted molar refractivity (Wildman–Crippen MR) is 108 cm³/mol. The summed E-state index contributed by atoms with van der Waals surface area (Å²) in [5, 5.41) is 11.3. The minimum atomic E-state index is -0.0822. The lowest BCUT2D eigenvalue weighted by Crippen LogP contribution is -2.24. The zero-order valence-corrected chi connectivity index (χ0v) is 16.0. The summed E-state index contributed by atoms with van der Waals surface area (Å²) in [7, 11) is 1.60. The van der Waals surface area contributed by atoms with Crippen LogP contribution in [0.3, 0.4) is 0 Å². The van der Waals surface area contributed by atoms with Crippen molar-refractivity contribution in [1.82, 2.24) is 15.5 Å². The fraction of sp³-hybridized carbons (Fsp3) is 0.227. The number of methoxy groups -OCH3 is 1. The van der Waals surface area contributed by atoms with E-state index in [1.807, 2.05) is 42.5 Å². The van der Waals surface area contributed by atoms with Gasteiger partial charge in [0.25, 0.3) is 5.91 Å². The maximum absolute atomic E-state index is 12.2. The van der Waals surface area contributed by atoms with Crippen LogP contribution in [-0.4, -0.2) is 29.8 Å². The number of hydrogen-bond acceptors (Lipinski definition) is 5. The zero-order valence-electron chi connectivity index (χ0n) is 16.0. The van der Waals surface area contributed by atoms with E-state index in [9.17, 15) is 4.79 Å². The van der Waals surface area contributed by atoms with E-state index in [-0.39, 0.29) is 5.91 Å². The Morgan fingerprint density at radius 2 is 1.82 bits per heavy atom. The van der Waals surface area contributed by atoms with Crippen LogP contribution in [0.4, 0.5) is 0 Å². The SMILES string of the molecule is CCCCNC(=O)c1cccc(-c2ccc(Oc3cccc(OC)c3)nn2)c1. The number of carbonyl (C=O) groups is 1. The molecule has 0 atom stereocenters. The number of carbonyl (C=O) groups excluding carboxylic acids is 1. The molecule has 0 unspecified atom stereocenters. The highest BCUT2D eigenvalue weighted by atomic mass is 16.5. The molecule has 0 aliphatic rings. The Morgan fingerprint density at radius 1 is 1.00 bits per heavy atom. The number of rotatable bonds is 8. The third-order valence-electron chi connectivity index (χ3n) is 4.14. The lowest BCUT2D eigenvalue weighted by Gasteiger charge is -2.08. The standard InChI is InChI=1S/C22H23N3O3/c1-3-4-13-23-22(26)17-8-5-7-16(14-17)20-11-12-21(25-24-20)28-19-10-6-9-18(15-19)27-2/h5-12,14-15H,3-4,13H2,1-2H3,(H,23,26). The van der Waals surface area contributed by atoms with Crippen molar-refractivity contribution in [3.05, 3.63) is 66.2 Å². The summed E-state index contributed by atoms with van der Waals surface area (Å²) >= 11 is 0. The molecule has 0 aliphatic carbocycles. The van der Waals surface area contributed by atoms with Gasteiger partial charge in [-0.1, -0.05) is 31.5 Å². The Labute approximate surface area is 164 Å². The quantitative estimate of drug-likeness (QED) is 0.586. The van der Waals surface area contributed by atoms with E-state index in [1.54, 1.807) is 25.3 Å². The Bertz CT molecular complexity index is 926. The molecule has 0 spiro atoms. The first-order chi connectivity index (χ1) is 13.7. The fourth-order valence-electron chi connectivity index (χ4n) is 2.61. The summed E-state index contributed by atoms with van der Waals surface area (Å²) in [5.74, 6) is 1.62. The molecule has 0 fully saturated rings. The van der Waals surface area contributed by atoms with Gasteiger partial charge in [-0.25, -0.2) is 0 Å². The lowest BCUT2D eigenvalue weighted by atomic mass is 10.1. The molecule has 2 aromatic carbocycles. The van der Waals surface area contributed by atoms with E-state index >= 15 is 0 Å². The zero-order chi connectivity index (χ0) is 19.8. The summed E-state index contributed by atoms with van der Waals surface area (Å²) in [6, 6.07) is 18.2. The normalized spacial score (nSPS) is 10.4. The molecule has 1 N–H and O–H groups in total. The largest absolute Gasteiger partial charge is 0.497 e. The van der Waals surface area contributed by atoms with Gasteiger partial charge in [0.1, 0.15) is 11.5 Å². The van der Waals surface area contributed by atoms with Crippen LogP contribution in [0.15, 0.2) is 60.7 Å². The van der Waals surface area contributed by atoms with Crippen molar-refractivity contribution in [1.29, 1.82) is 0 Å². The molecule has 6 nitrogen and oxygen atoms in total. The van der Waals surface area contributed by atoms with Crippen molar-refractivity contribution in [2.75, 3.05) is 13.7 Å². The van der Waals surface area contributed by atoms with E-state index in [1.165, 1.54) is 0 Å². The van der Waals surface area contributed by atoms with Gasteiger partial charge in [-0.15, -0.1) is 10.2 Å². The average molecular weight is 377 g/mol. The smallest absolute Gasteiger partial charge is 0.251 e. The number of unbranched alkanes of at least 4 members (excludes halogenated alkanes) is 1. The van der Waals surface area contributed by atoms with Gasteiger partial charge in [-0.05, 0) is 36.8 Å². The highest BCUT2D eigenvalue weighted by molar-refractivity contribution is 5.95. The van der Waals surface area contributed by atoms with Gasteiger partial charge in [-0.2, -0.15) is 0 Å². The second kappa shape index (κ2) is 9.50. The number of nitrogens with one attached hydrogen (secondary N) is 1. The van der Waals surface area contributed by atoms with Crippen LogP contribution in [0.5, 0.6) is 17.4 Å². The average Bonchev–Trinajstić information content (AvgIpc) is 2.74. The molecule has 0 bridgehead atoms. The number of aromatic nitrogens is 2. The first kappa shape index (κ1) is 19.4. The molecule has 28 heavy (non-hydrogen) atoms. The summed E-state index contributed by atoms with van der Waals surface area (Å²) < 4.78 is 10.9. The fourth-order valence-corrected chi connectivity index (χ4v) is 2.61. The van der Waals surface area contributed by atoms with Gasteiger partial charge in [-0.3, -0.25) is 4.79 Å². The highest BCUT2D eigenvalue weighted by Gasteiger charge is 2.08. The first-order valence-corrected chi connectivity index (χ1v) is 9.24. The van der Waals surface area contributed by atoms with E-state index in [2.05, 4.69) is 22.4 Å². The molecule has 0 radical (unpaired) electrons. The molecule has 0 saturated carbocycles. The molecule has 1 heterocycles. The minimum absolute atomic E-state index is 0.0822. The maximum atomic E-state index is 12.2. The van der Waals surface area contributed by atoms with Gasteiger partial charge in [0.15, 0.2) is 0 Å². The number of hydrogen-bond donors (Lipinski definition) is 1. The number of ether oxygens (including phenoxy) is 2. The topological polar surface area (TPSA) is 73.3 Å². The second-order valence-corrected chi connectivity index (χ2v) is 6.23. The summed E-state index contributed by atoms with van der Waals surface area (Å²) in [6.07, 6.45) is 2.01. The van der Waals surface area contributed by atoms with E-state index in [4.69, 9.17) is 9.47 Å². The Morgan fingerprint density at radius 3 is 2.57 bits per heavy atom. The predicted octanol–water partition coefficient (Wildman–Crippen LogP) is 4.47. The molecule has 1 aromatic heterocycles. The number of nitrogens with zero attached hydrogens (tertiary/aromatic N) is 2. The van der Waals surface area contributed by atoms with Crippen LogP contribution < -0.4 is 14.8 Å². The molecule has 3 rings (SSSR count). The van der Waals surface area contributed by atoms with Crippen LogP contribution in [0.1, 0.15) is 30.1 Å². The van der Waals surface area contributed by atoms with Gasteiger partial charge in [0.05, 0.1) is 12.8 Å². The number of amides is 1. The van der Waals surface area contributed by atoms with Crippen molar-refractivity contribution in [2.45, 2.75) is 19.8 Å². The third kappa shape index (κ3) is 5.07. The maximum Gasteiger partial charge on any atom is 0.251 e. The van der Waals surface area contributed by atoms with Gasteiger partial charge in [0, 0.05) is 29.8 Å². The Hall–Kier alpha value is -3.41. The van der Waals surface area contributed by atoms with Crippen molar-refractivity contribution < 1.29 is 14.3 Å². The molecule has 1 amide bonds. The van der Waals surface area contributed by atoms with Crippen molar-refractivity contribution in [2.24, 2.45) is 0 Å². The van der Waals surface area contributed by atoms with Gasteiger partial charge >= 0.3 is 0 Å². The monoisotopic (exact) mass is 377 g/mol. The van der Waals surface area contributed by atoms with Gasteiger partial charge in [0.2, 0.25) is 5.88 Å². The van der Waals surface area contributed by atoms with Crippen molar-refractivity contribution >= 4 is 5.91 Å². The van der Waals surface area contributed by atoms with Crippen LogP contribution in [-0.2, 0) is 0 Å². The van der Waals surface area contributed by atoms with Crippen molar-refractivity contribution in [3.63, 3.8) is 0 Å². The molecule has 0 saturated heterocycles. The Kier molecular flexibility index (Phi) is 6.57. The molecule has 144 valence electrons. The summed E-state index contributed by atoms with van der Waals surface area (Å²) in [5.41, 5.74) is 2.09. The molecular weight excluding hydrogens is 354 g/mol. The summed E-state index contributed by atoms with van der Waals surface area (Å²) in [6.45, 7) is 2.77. The van der Waals surface area contributed by atoms with Gasteiger partial charge < -0.3 is 14.8 Å². The Balaban J connectivity index is 1.71. The second-order valence-electron chi connectivity index (χ2n) is 6.23. The van der Waals surface area contributed by atoms with Crippen LogP contribution >= 0.6 is 0 Å². The van der Waals surface area contributed by atoms with Crippen LogP contribution in [0.25, 0.3) is 11.3 Å².